The van der Waals surface area contributed by atoms with Crippen LogP contribution in [0.1, 0.15) is 232 Å². The van der Waals surface area contributed by atoms with E-state index >= 15 is 0 Å². The summed E-state index contributed by atoms with van der Waals surface area (Å²) in [6.45, 7) is 4.30. The molecule has 0 bridgehead atoms. The molecule has 0 aliphatic carbocycles. The number of carbonyl (C=O) groups is 1. The predicted octanol–water partition coefficient (Wildman–Crippen LogP) is 13.8. The van der Waals surface area contributed by atoms with Gasteiger partial charge in [0.2, 0.25) is 5.91 Å². The van der Waals surface area contributed by atoms with E-state index in [9.17, 15) is 15.0 Å². The molecule has 2 atom stereocenters. The maximum absolute atomic E-state index is 12.4. The van der Waals surface area contributed by atoms with Crippen molar-refractivity contribution in [3.05, 3.63) is 36.5 Å². The van der Waals surface area contributed by atoms with E-state index in [2.05, 4.69) is 43.5 Å². The minimum absolute atomic E-state index is 0.0659. The van der Waals surface area contributed by atoms with E-state index in [1.807, 2.05) is 6.08 Å². The first-order chi connectivity index (χ1) is 24.7. The molecule has 0 spiro atoms. The fourth-order valence-corrected chi connectivity index (χ4v) is 6.68. The molecule has 0 aliphatic rings. The van der Waals surface area contributed by atoms with Crippen molar-refractivity contribution in [3.63, 3.8) is 0 Å². The maximum Gasteiger partial charge on any atom is 0.220 e. The summed E-state index contributed by atoms with van der Waals surface area (Å²) in [5.74, 6) is -0.0659. The molecule has 1 amide bonds. The van der Waals surface area contributed by atoms with Crippen LogP contribution in [0, 0.1) is 0 Å². The molecule has 3 N–H and O–H groups in total. The number of unbranched alkanes of at least 4 members (excludes halogenated alkanes) is 29. The number of allylic oxidation sites excluding steroid dienone is 5. The third-order valence-electron chi connectivity index (χ3n) is 10.1. The summed E-state index contributed by atoms with van der Waals surface area (Å²) in [7, 11) is 0. The molecular weight excluding hydrogens is 615 g/mol. The van der Waals surface area contributed by atoms with Crippen molar-refractivity contribution in [1.82, 2.24) is 5.32 Å². The van der Waals surface area contributed by atoms with Gasteiger partial charge in [-0.05, 0) is 51.4 Å². The van der Waals surface area contributed by atoms with Gasteiger partial charge in [0.25, 0.3) is 0 Å². The van der Waals surface area contributed by atoms with Crippen LogP contribution in [-0.4, -0.2) is 34.9 Å². The van der Waals surface area contributed by atoms with Crippen molar-refractivity contribution in [2.45, 2.75) is 244 Å². The SMILES string of the molecule is CCCCCCC/C=C\C/C=C\CCCCCCCCCCCCCC(=O)NC(CO)C(O)/C=C/CCCCCCCCCCCCCCC. The van der Waals surface area contributed by atoms with Crippen molar-refractivity contribution >= 4 is 5.91 Å². The molecule has 2 unspecified atom stereocenters. The van der Waals surface area contributed by atoms with Crippen LogP contribution < -0.4 is 5.32 Å². The van der Waals surface area contributed by atoms with Gasteiger partial charge in [-0.2, -0.15) is 0 Å². The zero-order chi connectivity index (χ0) is 36.4. The molecule has 0 aromatic carbocycles. The minimum Gasteiger partial charge on any atom is -0.394 e. The van der Waals surface area contributed by atoms with Gasteiger partial charge in [-0.3, -0.25) is 4.79 Å². The highest BCUT2D eigenvalue weighted by molar-refractivity contribution is 5.76. The summed E-state index contributed by atoms with van der Waals surface area (Å²) < 4.78 is 0. The van der Waals surface area contributed by atoms with Crippen LogP contribution in [0.15, 0.2) is 36.5 Å². The Hall–Kier alpha value is -1.39. The number of hydrogen-bond donors (Lipinski definition) is 3. The zero-order valence-electron chi connectivity index (χ0n) is 33.7. The molecule has 0 aromatic heterocycles. The molecule has 4 heteroatoms. The molecule has 0 heterocycles. The van der Waals surface area contributed by atoms with Gasteiger partial charge in [-0.25, -0.2) is 0 Å². The van der Waals surface area contributed by atoms with Crippen molar-refractivity contribution in [3.8, 4) is 0 Å². The third-order valence-corrected chi connectivity index (χ3v) is 10.1. The molecule has 0 aliphatic heterocycles. The molecule has 0 aromatic rings. The van der Waals surface area contributed by atoms with Crippen LogP contribution >= 0.6 is 0 Å². The van der Waals surface area contributed by atoms with E-state index in [0.717, 1.165) is 32.1 Å². The number of aliphatic hydroxyl groups excluding tert-OH is 2. The van der Waals surface area contributed by atoms with E-state index in [0.29, 0.717) is 6.42 Å². The number of aliphatic hydroxyl groups is 2. The highest BCUT2D eigenvalue weighted by Gasteiger charge is 2.17. The number of amides is 1. The summed E-state index contributed by atoms with van der Waals surface area (Å²) in [5.41, 5.74) is 0. The van der Waals surface area contributed by atoms with E-state index < -0.39 is 12.1 Å². The Morgan fingerprint density at radius 1 is 0.480 bits per heavy atom. The second-order valence-electron chi connectivity index (χ2n) is 15.1. The molecule has 0 rings (SSSR count). The first-order valence-electron chi connectivity index (χ1n) is 22.2. The second kappa shape index (κ2) is 42.0. The van der Waals surface area contributed by atoms with Gasteiger partial charge in [0.1, 0.15) is 0 Å². The Kier molecular flexibility index (Phi) is 40.9. The van der Waals surface area contributed by atoms with Crippen LogP contribution in [-0.2, 0) is 4.79 Å². The largest absolute Gasteiger partial charge is 0.394 e. The molecule has 0 saturated carbocycles. The van der Waals surface area contributed by atoms with Crippen LogP contribution in [0.5, 0.6) is 0 Å². The lowest BCUT2D eigenvalue weighted by molar-refractivity contribution is -0.123. The monoisotopic (exact) mass is 702 g/mol. The number of nitrogens with one attached hydrogen (secondary N) is 1. The second-order valence-corrected chi connectivity index (χ2v) is 15.1. The summed E-state index contributed by atoms with van der Waals surface area (Å²) in [4.78, 5) is 12.4. The molecular formula is C46H87NO3. The van der Waals surface area contributed by atoms with Crippen molar-refractivity contribution in [1.29, 1.82) is 0 Å². The Morgan fingerprint density at radius 3 is 1.20 bits per heavy atom. The van der Waals surface area contributed by atoms with Crippen LogP contribution in [0.3, 0.4) is 0 Å². The Balaban J connectivity index is 3.55. The lowest BCUT2D eigenvalue weighted by atomic mass is 10.0. The maximum atomic E-state index is 12.4. The van der Waals surface area contributed by atoms with Crippen LogP contribution in [0.25, 0.3) is 0 Å². The molecule has 4 nitrogen and oxygen atoms in total. The topological polar surface area (TPSA) is 69.6 Å². The summed E-state index contributed by atoms with van der Waals surface area (Å²) in [6.07, 6.45) is 55.3. The Bertz CT molecular complexity index is 760. The fraction of sp³-hybridized carbons (Fsp3) is 0.848. The zero-order valence-corrected chi connectivity index (χ0v) is 33.7. The predicted molar refractivity (Wildman–Crippen MR) is 221 cm³/mol. The standard InChI is InChI=1S/C46H87NO3/c1-3-5-7-9-11-13-15-17-19-20-21-22-23-24-25-26-28-30-32-34-36-38-40-42-46(50)47-44(43-48)45(49)41-39-37-35-33-31-29-27-18-16-14-12-10-8-6-4-2/h15,17,20-21,39,41,44-45,48-49H,3-14,16,18-19,22-38,40,42-43H2,1-2H3,(H,47,50)/b17-15-,21-20-,41-39+. The highest BCUT2D eigenvalue weighted by atomic mass is 16.3. The van der Waals surface area contributed by atoms with Gasteiger partial charge >= 0.3 is 0 Å². The molecule has 294 valence electrons. The first-order valence-corrected chi connectivity index (χ1v) is 22.2. The molecule has 50 heavy (non-hydrogen) atoms. The average molecular weight is 702 g/mol. The smallest absolute Gasteiger partial charge is 0.220 e. The van der Waals surface area contributed by atoms with Gasteiger partial charge < -0.3 is 15.5 Å². The number of carbonyl (C=O) groups excluding carboxylic acids is 1. The number of rotatable bonds is 40. The average Bonchev–Trinajstić information content (AvgIpc) is 3.12. The normalized spacial score (nSPS) is 13.3. The summed E-state index contributed by atoms with van der Waals surface area (Å²) in [6, 6.07) is -0.621. The van der Waals surface area contributed by atoms with Crippen LogP contribution in [0.2, 0.25) is 0 Å². The quantitative estimate of drug-likeness (QED) is 0.0440. The van der Waals surface area contributed by atoms with Crippen LogP contribution in [0.4, 0.5) is 0 Å². The Morgan fingerprint density at radius 2 is 0.820 bits per heavy atom. The molecule has 0 radical (unpaired) electrons. The van der Waals surface area contributed by atoms with Gasteiger partial charge in [0, 0.05) is 6.42 Å². The lowest BCUT2D eigenvalue weighted by Crippen LogP contribution is -2.45. The van der Waals surface area contributed by atoms with E-state index in [1.54, 1.807) is 6.08 Å². The van der Waals surface area contributed by atoms with Crippen molar-refractivity contribution in [2.24, 2.45) is 0 Å². The third kappa shape index (κ3) is 37.9. The summed E-state index contributed by atoms with van der Waals surface area (Å²) >= 11 is 0. The fourth-order valence-electron chi connectivity index (χ4n) is 6.68. The van der Waals surface area contributed by atoms with E-state index in [-0.39, 0.29) is 12.5 Å². The summed E-state index contributed by atoms with van der Waals surface area (Å²) in [5, 5.41) is 23.0. The Labute approximate surface area is 312 Å². The van der Waals surface area contributed by atoms with E-state index in [1.165, 1.54) is 180 Å². The lowest BCUT2D eigenvalue weighted by Gasteiger charge is -2.20. The molecule has 0 saturated heterocycles. The number of hydrogen-bond acceptors (Lipinski definition) is 3. The van der Waals surface area contributed by atoms with Gasteiger partial charge in [0.05, 0.1) is 18.8 Å². The van der Waals surface area contributed by atoms with E-state index in [4.69, 9.17) is 0 Å². The van der Waals surface area contributed by atoms with Gasteiger partial charge in [-0.15, -0.1) is 0 Å². The minimum atomic E-state index is -0.838. The molecule has 0 fully saturated rings. The van der Waals surface area contributed by atoms with Crippen molar-refractivity contribution < 1.29 is 15.0 Å². The first kappa shape index (κ1) is 48.6. The van der Waals surface area contributed by atoms with Gasteiger partial charge in [0.15, 0.2) is 0 Å². The highest BCUT2D eigenvalue weighted by Crippen LogP contribution is 2.15. The van der Waals surface area contributed by atoms with Crippen molar-refractivity contribution in [2.75, 3.05) is 6.61 Å². The van der Waals surface area contributed by atoms with Gasteiger partial charge in [-0.1, -0.05) is 211 Å².